The fourth-order valence-electron chi connectivity index (χ4n) is 0.967. The van der Waals surface area contributed by atoms with Crippen molar-refractivity contribution < 1.29 is 24.2 Å². The lowest BCUT2D eigenvalue weighted by Crippen LogP contribution is -2.25. The molecule has 0 bridgehead atoms. The highest BCUT2D eigenvalue weighted by Crippen LogP contribution is 2.37. The molecule has 0 aromatic rings. The molecule has 3 N–H and O–H groups in total. The third-order valence-corrected chi connectivity index (χ3v) is 2.38. The van der Waals surface area contributed by atoms with Crippen LogP contribution in [0, 0.1) is 0 Å². The van der Waals surface area contributed by atoms with Crippen LogP contribution in [0.25, 0.3) is 0 Å². The molecule has 1 heterocycles. The molecule has 5 nitrogen and oxygen atoms in total. The molecule has 0 radical (unpaired) electrons. The van der Waals surface area contributed by atoms with E-state index < -0.39 is 18.9 Å². The number of hydrogen-bond donors (Lipinski definition) is 3. The molecule has 0 saturated carbocycles. The van der Waals surface area contributed by atoms with Crippen molar-refractivity contribution in [1.82, 2.24) is 0 Å². The number of hydrogen-bond acceptors (Lipinski definition) is 4. The van der Waals surface area contributed by atoms with Gasteiger partial charge in [0.15, 0.2) is 0 Å². The average molecular weight is 214 g/mol. The van der Waals surface area contributed by atoms with Crippen molar-refractivity contribution in [2.45, 2.75) is 18.6 Å². The van der Waals surface area contributed by atoms with Crippen LogP contribution in [-0.2, 0) is 21.1 Å². The van der Waals surface area contributed by atoms with E-state index in [9.17, 15) is 5.11 Å². The van der Waals surface area contributed by atoms with Crippen LogP contribution in [0.2, 0.25) is 0 Å². The molecule has 0 aromatic heterocycles. The molecule has 1 aliphatic heterocycles. The lowest BCUT2D eigenvalue weighted by Gasteiger charge is -2.15. The fourth-order valence-corrected chi connectivity index (χ4v) is 1.49. The van der Waals surface area contributed by atoms with E-state index in [2.05, 4.69) is 16.3 Å². The first-order valence-electron chi connectivity index (χ1n) is 3.49. The van der Waals surface area contributed by atoms with E-state index in [-0.39, 0.29) is 6.61 Å². The maximum absolute atomic E-state index is 9.20. The predicted octanol–water partition coefficient (Wildman–Crippen LogP) is -0.638. The molecule has 1 aliphatic rings. The highest BCUT2D eigenvalue weighted by molar-refractivity contribution is 8.06. The van der Waals surface area contributed by atoms with E-state index in [1.807, 2.05) is 0 Å². The van der Waals surface area contributed by atoms with Crippen LogP contribution >= 0.6 is 6.72 Å². The van der Waals surface area contributed by atoms with Gasteiger partial charge in [-0.3, -0.25) is 0 Å². The van der Waals surface area contributed by atoms with Gasteiger partial charge >= 0.3 is 6.72 Å². The summed E-state index contributed by atoms with van der Waals surface area (Å²) in [6.07, 6.45) is -0.522. The van der Waals surface area contributed by atoms with Crippen molar-refractivity contribution in [3.05, 3.63) is 0 Å². The number of aliphatic hydroxyl groups excluding tert-OH is 1. The van der Waals surface area contributed by atoms with Gasteiger partial charge < -0.3 is 24.2 Å². The van der Waals surface area contributed by atoms with Crippen LogP contribution < -0.4 is 0 Å². The molecule has 0 spiro atoms. The Morgan fingerprint density at radius 1 is 1.58 bits per heavy atom. The summed E-state index contributed by atoms with van der Waals surface area (Å²) in [7, 11) is 0. The van der Waals surface area contributed by atoms with Crippen LogP contribution in [0.5, 0.6) is 0 Å². The second-order valence-corrected chi connectivity index (χ2v) is 5.22. The molecule has 2 atom stereocenters. The molecule has 1 fully saturated rings. The summed E-state index contributed by atoms with van der Waals surface area (Å²) < 4.78 is 9.57. The summed E-state index contributed by atoms with van der Waals surface area (Å²) in [5, 5.41) is 9.20. The van der Waals surface area contributed by atoms with Crippen molar-refractivity contribution in [3.8, 4) is 0 Å². The Morgan fingerprint density at radius 3 is 2.67 bits per heavy atom. The Labute approximate surface area is 75.2 Å². The molecule has 1 saturated heterocycles. The lowest BCUT2D eigenvalue weighted by atomic mass is 10.2. The molecule has 72 valence electrons. The highest BCUT2D eigenvalue weighted by atomic mass is 32.5. The van der Waals surface area contributed by atoms with Gasteiger partial charge in [-0.2, -0.15) is 0 Å². The zero-order chi connectivity index (χ0) is 9.19. The van der Waals surface area contributed by atoms with Crippen LogP contribution in [0.1, 0.15) is 6.42 Å². The van der Waals surface area contributed by atoms with Crippen LogP contribution in [0.15, 0.2) is 0 Å². The molecule has 7 heteroatoms. The Morgan fingerprint density at radius 2 is 2.25 bits per heavy atom. The second-order valence-electron chi connectivity index (χ2n) is 2.55. The van der Waals surface area contributed by atoms with Crippen molar-refractivity contribution in [2.24, 2.45) is 0 Å². The standard InChI is InChI=1S/C5H11O5PS/c6-4-1-2-9-5(4)3-10-11(7,8)12/h4-6H,1-3H2,(H2,7,8,12)/t4-,5+/m0/s1. The Balaban J connectivity index is 2.27. The Kier molecular flexibility index (Phi) is 3.60. The lowest BCUT2D eigenvalue weighted by molar-refractivity contribution is 0.00788. The van der Waals surface area contributed by atoms with Crippen LogP contribution in [-0.4, -0.2) is 40.3 Å². The van der Waals surface area contributed by atoms with Gasteiger partial charge in [0.25, 0.3) is 0 Å². The summed E-state index contributed by atoms with van der Waals surface area (Å²) in [5.74, 6) is 0. The third-order valence-electron chi connectivity index (χ3n) is 1.58. The summed E-state index contributed by atoms with van der Waals surface area (Å²) >= 11 is 4.22. The van der Waals surface area contributed by atoms with E-state index in [0.717, 1.165) is 0 Å². The van der Waals surface area contributed by atoms with E-state index in [1.54, 1.807) is 0 Å². The minimum atomic E-state index is -3.60. The number of aliphatic hydroxyl groups is 1. The topological polar surface area (TPSA) is 79.2 Å². The maximum Gasteiger partial charge on any atom is 0.321 e. The van der Waals surface area contributed by atoms with Crippen molar-refractivity contribution in [3.63, 3.8) is 0 Å². The van der Waals surface area contributed by atoms with Crippen LogP contribution in [0.4, 0.5) is 0 Å². The van der Waals surface area contributed by atoms with Crippen molar-refractivity contribution in [2.75, 3.05) is 13.2 Å². The fraction of sp³-hybridized carbons (Fsp3) is 1.00. The van der Waals surface area contributed by atoms with E-state index in [1.165, 1.54) is 0 Å². The van der Waals surface area contributed by atoms with Gasteiger partial charge in [-0.05, 0) is 18.2 Å². The SMILES string of the molecule is O[C@H]1CCO[C@@H]1COP(O)(O)=S. The summed E-state index contributed by atoms with van der Waals surface area (Å²) in [6, 6.07) is 0. The molecule has 12 heavy (non-hydrogen) atoms. The second kappa shape index (κ2) is 4.11. The van der Waals surface area contributed by atoms with Crippen LogP contribution in [0.3, 0.4) is 0 Å². The van der Waals surface area contributed by atoms with Gasteiger partial charge in [0.05, 0.1) is 12.7 Å². The number of ether oxygens (including phenoxy) is 1. The summed E-state index contributed by atoms with van der Waals surface area (Å²) in [5.41, 5.74) is 0. The third kappa shape index (κ3) is 3.45. The number of rotatable bonds is 3. The van der Waals surface area contributed by atoms with Gasteiger partial charge in [0, 0.05) is 6.61 Å². The van der Waals surface area contributed by atoms with E-state index in [0.29, 0.717) is 13.0 Å². The normalized spacial score (nSPS) is 30.9. The first-order valence-corrected chi connectivity index (χ1v) is 6.11. The smallest absolute Gasteiger partial charge is 0.321 e. The first-order chi connectivity index (χ1) is 5.49. The zero-order valence-electron chi connectivity index (χ0n) is 6.29. The minimum absolute atomic E-state index is 0.0640. The zero-order valence-corrected chi connectivity index (χ0v) is 8.00. The maximum atomic E-state index is 9.20. The average Bonchev–Trinajstić information content (AvgIpc) is 2.29. The molecular weight excluding hydrogens is 203 g/mol. The molecule has 0 unspecified atom stereocenters. The first kappa shape index (κ1) is 10.5. The molecule has 1 rings (SSSR count). The van der Waals surface area contributed by atoms with Gasteiger partial charge in [-0.25, -0.2) is 0 Å². The minimum Gasteiger partial charge on any atom is -0.390 e. The van der Waals surface area contributed by atoms with Crippen molar-refractivity contribution in [1.29, 1.82) is 0 Å². The van der Waals surface area contributed by atoms with Crippen molar-refractivity contribution >= 4 is 18.5 Å². The van der Waals surface area contributed by atoms with Gasteiger partial charge in [-0.1, -0.05) is 0 Å². The van der Waals surface area contributed by atoms with E-state index in [4.69, 9.17) is 14.5 Å². The van der Waals surface area contributed by atoms with Gasteiger partial charge in [0.1, 0.15) is 6.10 Å². The highest BCUT2D eigenvalue weighted by Gasteiger charge is 2.27. The predicted molar refractivity (Wildman–Crippen MR) is 45.0 cm³/mol. The Hall–Kier alpha value is 0.450. The van der Waals surface area contributed by atoms with E-state index >= 15 is 0 Å². The van der Waals surface area contributed by atoms with Gasteiger partial charge in [-0.15, -0.1) is 0 Å². The molecule has 0 aliphatic carbocycles. The Bertz CT molecular complexity index is 192. The largest absolute Gasteiger partial charge is 0.390 e. The molecule has 0 amide bonds. The quantitative estimate of drug-likeness (QED) is 0.542. The summed E-state index contributed by atoms with van der Waals surface area (Å²) in [4.78, 5) is 17.4. The molecule has 0 aromatic carbocycles. The monoisotopic (exact) mass is 214 g/mol. The summed E-state index contributed by atoms with van der Waals surface area (Å²) in [6.45, 7) is -3.20. The molecular formula is C5H11O5PS. The van der Waals surface area contributed by atoms with Gasteiger partial charge in [0.2, 0.25) is 0 Å².